The molecule has 0 bridgehead atoms. The summed E-state index contributed by atoms with van der Waals surface area (Å²) in [6, 6.07) is 2.39. The molecule has 0 radical (unpaired) electrons. The molecule has 1 aromatic rings. The largest absolute Gasteiger partial charge is 0.478 e. The highest BCUT2D eigenvalue weighted by Crippen LogP contribution is 2.24. The summed E-state index contributed by atoms with van der Waals surface area (Å²) in [7, 11) is 0. The molecule has 1 atom stereocenters. The molecular formula is C13H13F2NO2. The van der Waals surface area contributed by atoms with Gasteiger partial charge >= 0.3 is 5.97 Å². The van der Waals surface area contributed by atoms with Crippen LogP contribution in [-0.2, 0) is 0 Å². The summed E-state index contributed by atoms with van der Waals surface area (Å²) in [5.74, 6) is -3.93. The summed E-state index contributed by atoms with van der Waals surface area (Å²) < 4.78 is 27.1. The van der Waals surface area contributed by atoms with Crippen molar-refractivity contribution in [2.45, 2.75) is 25.3 Å². The van der Waals surface area contributed by atoms with Gasteiger partial charge in [-0.3, -0.25) is 0 Å². The molecule has 0 amide bonds. The first-order valence-electron chi connectivity index (χ1n) is 5.72. The number of allylic oxidation sites excluding steroid dienone is 1. The standard InChI is InChI=1S/C13H13F2NO2/c14-11-9(13(17)18)6-7-10(12(11)15)16-8-4-2-1-3-5-8/h1-2,6-8,16H,3-5H2,(H,17,18). The highest BCUT2D eigenvalue weighted by atomic mass is 19.2. The van der Waals surface area contributed by atoms with Gasteiger partial charge in [-0.1, -0.05) is 12.2 Å². The molecule has 2 N–H and O–H groups in total. The number of benzene rings is 1. The predicted octanol–water partition coefficient (Wildman–Crippen LogP) is 3.18. The average molecular weight is 253 g/mol. The maximum Gasteiger partial charge on any atom is 0.338 e. The summed E-state index contributed by atoms with van der Waals surface area (Å²) in [6.45, 7) is 0. The molecule has 1 aliphatic rings. The Labute approximate surface area is 103 Å². The molecule has 0 spiro atoms. The number of hydrogen-bond acceptors (Lipinski definition) is 2. The zero-order chi connectivity index (χ0) is 13.1. The topological polar surface area (TPSA) is 49.3 Å². The maximum absolute atomic E-state index is 13.7. The molecule has 3 nitrogen and oxygen atoms in total. The number of halogens is 2. The van der Waals surface area contributed by atoms with E-state index in [1.807, 2.05) is 12.2 Å². The van der Waals surface area contributed by atoms with Crippen LogP contribution in [0, 0.1) is 11.6 Å². The van der Waals surface area contributed by atoms with Crippen molar-refractivity contribution >= 4 is 11.7 Å². The second kappa shape index (κ2) is 5.16. The third-order valence-electron chi connectivity index (χ3n) is 2.94. The number of carboxylic acids is 1. The monoisotopic (exact) mass is 253 g/mol. The lowest BCUT2D eigenvalue weighted by molar-refractivity contribution is 0.0690. The fourth-order valence-corrected chi connectivity index (χ4v) is 1.97. The third-order valence-corrected chi connectivity index (χ3v) is 2.94. The van der Waals surface area contributed by atoms with Crippen LogP contribution in [-0.4, -0.2) is 17.1 Å². The van der Waals surface area contributed by atoms with Gasteiger partial charge in [-0.05, 0) is 31.4 Å². The number of anilines is 1. The van der Waals surface area contributed by atoms with Gasteiger partial charge in [0, 0.05) is 6.04 Å². The first-order chi connectivity index (χ1) is 8.59. The number of aromatic carboxylic acids is 1. The van der Waals surface area contributed by atoms with Gasteiger partial charge in [0.2, 0.25) is 0 Å². The molecule has 18 heavy (non-hydrogen) atoms. The highest BCUT2D eigenvalue weighted by molar-refractivity contribution is 5.88. The number of rotatable bonds is 3. The maximum atomic E-state index is 13.7. The van der Waals surface area contributed by atoms with Gasteiger partial charge < -0.3 is 10.4 Å². The molecule has 5 heteroatoms. The molecule has 96 valence electrons. The molecule has 0 aromatic heterocycles. The van der Waals surface area contributed by atoms with Crippen LogP contribution in [0.2, 0.25) is 0 Å². The third kappa shape index (κ3) is 2.50. The van der Waals surface area contributed by atoms with E-state index < -0.39 is 23.2 Å². The first-order valence-corrected chi connectivity index (χ1v) is 5.72. The summed E-state index contributed by atoms with van der Waals surface area (Å²) >= 11 is 0. The SMILES string of the molecule is O=C(O)c1ccc(NC2CC=CCC2)c(F)c1F. The van der Waals surface area contributed by atoms with Crippen LogP contribution < -0.4 is 5.32 Å². The summed E-state index contributed by atoms with van der Waals surface area (Å²) in [6.07, 6.45) is 6.53. The molecule has 0 saturated carbocycles. The molecule has 1 aliphatic carbocycles. The van der Waals surface area contributed by atoms with E-state index in [0.29, 0.717) is 0 Å². The van der Waals surface area contributed by atoms with Gasteiger partial charge in [-0.2, -0.15) is 0 Å². The molecule has 2 rings (SSSR count). The minimum absolute atomic E-state index is 0.0119. The van der Waals surface area contributed by atoms with Gasteiger partial charge in [0.15, 0.2) is 11.6 Å². The van der Waals surface area contributed by atoms with Gasteiger partial charge in [-0.15, -0.1) is 0 Å². The van der Waals surface area contributed by atoms with Crippen LogP contribution in [0.1, 0.15) is 29.6 Å². The van der Waals surface area contributed by atoms with Crippen molar-refractivity contribution in [3.63, 3.8) is 0 Å². The predicted molar refractivity (Wildman–Crippen MR) is 63.7 cm³/mol. The fraction of sp³-hybridized carbons (Fsp3) is 0.308. The lowest BCUT2D eigenvalue weighted by Crippen LogP contribution is -2.21. The quantitative estimate of drug-likeness (QED) is 0.813. The van der Waals surface area contributed by atoms with E-state index in [1.165, 1.54) is 6.07 Å². The highest BCUT2D eigenvalue weighted by Gasteiger charge is 2.19. The van der Waals surface area contributed by atoms with E-state index in [-0.39, 0.29) is 11.7 Å². The van der Waals surface area contributed by atoms with Crippen molar-refractivity contribution < 1.29 is 18.7 Å². The van der Waals surface area contributed by atoms with Crippen LogP contribution >= 0.6 is 0 Å². The summed E-state index contributed by atoms with van der Waals surface area (Å²) in [4.78, 5) is 10.6. The van der Waals surface area contributed by atoms with Gasteiger partial charge in [0.1, 0.15) is 0 Å². The van der Waals surface area contributed by atoms with Crippen molar-refractivity contribution in [1.82, 2.24) is 0 Å². The van der Waals surface area contributed by atoms with Crippen LogP contribution in [0.3, 0.4) is 0 Å². The normalized spacial score (nSPS) is 18.7. The zero-order valence-corrected chi connectivity index (χ0v) is 9.62. The van der Waals surface area contributed by atoms with Crippen LogP contribution in [0.25, 0.3) is 0 Å². The van der Waals surface area contributed by atoms with Crippen molar-refractivity contribution in [2.24, 2.45) is 0 Å². The molecular weight excluding hydrogens is 240 g/mol. The Morgan fingerprint density at radius 2 is 2.06 bits per heavy atom. The number of carbonyl (C=O) groups is 1. The van der Waals surface area contributed by atoms with Gasteiger partial charge in [0.25, 0.3) is 0 Å². The molecule has 0 saturated heterocycles. The Kier molecular flexibility index (Phi) is 3.60. The van der Waals surface area contributed by atoms with Crippen LogP contribution in [0.5, 0.6) is 0 Å². The molecule has 0 fully saturated rings. The lowest BCUT2D eigenvalue weighted by atomic mass is 10.0. The summed E-state index contributed by atoms with van der Waals surface area (Å²) in [5.41, 5.74) is -0.639. The number of carboxylic acid groups (broad SMARTS) is 1. The van der Waals surface area contributed by atoms with E-state index in [0.717, 1.165) is 25.3 Å². The Bertz CT molecular complexity index is 500. The van der Waals surface area contributed by atoms with Crippen LogP contribution in [0.15, 0.2) is 24.3 Å². The molecule has 1 unspecified atom stereocenters. The van der Waals surface area contributed by atoms with E-state index in [1.54, 1.807) is 0 Å². The van der Waals surface area contributed by atoms with Crippen molar-refractivity contribution in [3.05, 3.63) is 41.5 Å². The minimum Gasteiger partial charge on any atom is -0.478 e. The van der Waals surface area contributed by atoms with Crippen molar-refractivity contribution in [1.29, 1.82) is 0 Å². The first kappa shape index (κ1) is 12.5. The van der Waals surface area contributed by atoms with E-state index in [9.17, 15) is 13.6 Å². The second-order valence-electron chi connectivity index (χ2n) is 4.22. The van der Waals surface area contributed by atoms with E-state index in [2.05, 4.69) is 5.32 Å². The molecule has 1 aromatic carbocycles. The van der Waals surface area contributed by atoms with Gasteiger partial charge in [0.05, 0.1) is 11.3 Å². The Morgan fingerprint density at radius 1 is 1.28 bits per heavy atom. The van der Waals surface area contributed by atoms with Crippen molar-refractivity contribution in [3.8, 4) is 0 Å². The zero-order valence-electron chi connectivity index (χ0n) is 9.62. The Balaban J connectivity index is 2.21. The fourth-order valence-electron chi connectivity index (χ4n) is 1.97. The average Bonchev–Trinajstić information content (AvgIpc) is 2.36. The van der Waals surface area contributed by atoms with E-state index in [4.69, 9.17) is 5.11 Å². The second-order valence-corrected chi connectivity index (χ2v) is 4.22. The number of nitrogens with one attached hydrogen (secondary N) is 1. The molecule has 0 heterocycles. The van der Waals surface area contributed by atoms with Crippen LogP contribution in [0.4, 0.5) is 14.5 Å². The Hall–Kier alpha value is -1.91. The lowest BCUT2D eigenvalue weighted by Gasteiger charge is -2.21. The Morgan fingerprint density at radius 3 is 2.67 bits per heavy atom. The summed E-state index contributed by atoms with van der Waals surface area (Å²) in [5, 5.41) is 11.6. The minimum atomic E-state index is -1.47. The van der Waals surface area contributed by atoms with Crippen molar-refractivity contribution in [2.75, 3.05) is 5.32 Å². The van der Waals surface area contributed by atoms with Gasteiger partial charge in [-0.25, -0.2) is 13.6 Å². The number of hydrogen-bond donors (Lipinski definition) is 2. The van der Waals surface area contributed by atoms with E-state index >= 15 is 0 Å². The molecule has 0 aliphatic heterocycles. The smallest absolute Gasteiger partial charge is 0.338 e.